The second-order valence-corrected chi connectivity index (χ2v) is 4.54. The van der Waals surface area contributed by atoms with Gasteiger partial charge in [-0.15, -0.1) is 0 Å². The highest BCUT2D eigenvalue weighted by Gasteiger charge is 2.18. The second kappa shape index (κ2) is 6.69. The van der Waals surface area contributed by atoms with Crippen LogP contribution in [0.2, 0.25) is 0 Å². The number of primary amides is 1. The van der Waals surface area contributed by atoms with Gasteiger partial charge in [0.1, 0.15) is 5.69 Å². The number of carbonyl (C=O) groups excluding carboxylic acids is 1. The normalized spacial score (nSPS) is 13.5. The fourth-order valence-electron chi connectivity index (χ4n) is 1.67. The van der Waals surface area contributed by atoms with Gasteiger partial charge in [0.15, 0.2) is 5.84 Å². The molecule has 0 bridgehead atoms. The molecule has 0 aromatic carbocycles. The van der Waals surface area contributed by atoms with Crippen molar-refractivity contribution in [1.82, 2.24) is 10.3 Å². The molecule has 0 aliphatic carbocycles. The maximum atomic E-state index is 11.3. The van der Waals surface area contributed by atoms with Crippen LogP contribution in [-0.2, 0) is 11.3 Å². The van der Waals surface area contributed by atoms with E-state index in [1.807, 2.05) is 13.8 Å². The molecule has 1 aromatic rings. The van der Waals surface area contributed by atoms with Gasteiger partial charge >= 0.3 is 0 Å². The molecule has 0 aliphatic rings. The van der Waals surface area contributed by atoms with Crippen molar-refractivity contribution >= 4 is 11.7 Å². The van der Waals surface area contributed by atoms with Crippen molar-refractivity contribution < 1.29 is 10.0 Å². The van der Waals surface area contributed by atoms with E-state index in [9.17, 15) is 4.79 Å². The van der Waals surface area contributed by atoms with Gasteiger partial charge in [-0.3, -0.25) is 9.78 Å². The monoisotopic (exact) mass is 265 g/mol. The van der Waals surface area contributed by atoms with E-state index in [1.165, 1.54) is 0 Å². The number of nitrogens with zero attached hydrogens (tertiary/aromatic N) is 2. The Morgan fingerprint density at radius 2 is 2.21 bits per heavy atom. The van der Waals surface area contributed by atoms with Gasteiger partial charge in [0.2, 0.25) is 5.91 Å². The lowest BCUT2D eigenvalue weighted by molar-refractivity contribution is -0.121. The average molecular weight is 265 g/mol. The highest BCUT2D eigenvalue weighted by molar-refractivity contribution is 5.95. The fraction of sp³-hybridized carbons (Fsp3) is 0.417. The van der Waals surface area contributed by atoms with Crippen molar-refractivity contribution in [1.29, 1.82) is 0 Å². The van der Waals surface area contributed by atoms with Crippen LogP contribution >= 0.6 is 0 Å². The van der Waals surface area contributed by atoms with E-state index in [0.717, 1.165) is 5.56 Å². The van der Waals surface area contributed by atoms with E-state index in [0.29, 0.717) is 12.2 Å². The minimum Gasteiger partial charge on any atom is -0.409 e. The molecule has 1 aromatic heterocycles. The summed E-state index contributed by atoms with van der Waals surface area (Å²) in [6.07, 6.45) is 1.55. The first-order chi connectivity index (χ1) is 8.95. The number of oxime groups is 1. The quantitative estimate of drug-likeness (QED) is 0.245. The number of hydrogen-bond acceptors (Lipinski definition) is 5. The Labute approximate surface area is 111 Å². The molecule has 6 N–H and O–H groups in total. The van der Waals surface area contributed by atoms with Crippen LogP contribution in [0, 0.1) is 5.92 Å². The molecular formula is C12H19N5O2. The third kappa shape index (κ3) is 4.22. The van der Waals surface area contributed by atoms with E-state index in [1.54, 1.807) is 18.3 Å². The molecule has 7 nitrogen and oxygen atoms in total. The van der Waals surface area contributed by atoms with Crippen LogP contribution < -0.4 is 16.8 Å². The first-order valence-corrected chi connectivity index (χ1v) is 5.91. The van der Waals surface area contributed by atoms with Crippen molar-refractivity contribution in [2.24, 2.45) is 22.5 Å². The first kappa shape index (κ1) is 14.9. The molecule has 0 fully saturated rings. The molecule has 1 atom stereocenters. The molecule has 104 valence electrons. The van der Waals surface area contributed by atoms with Crippen LogP contribution in [0.1, 0.15) is 25.1 Å². The minimum atomic E-state index is -0.402. The molecule has 0 aliphatic heterocycles. The van der Waals surface area contributed by atoms with Gasteiger partial charge in [-0.1, -0.05) is 19.0 Å². The maximum absolute atomic E-state index is 11.3. The fourth-order valence-corrected chi connectivity index (χ4v) is 1.67. The summed E-state index contributed by atoms with van der Waals surface area (Å²) in [5, 5.41) is 14.6. The number of rotatable bonds is 6. The number of amides is 1. The standard InChI is InChI=1S/C12H19N5O2/c1-7(2)10(12(14)18)16-6-8-3-4-15-9(5-8)11(13)17-19/h3-5,7,10,16,19H,6H2,1-2H3,(H2,13,17)(H2,14,18). The van der Waals surface area contributed by atoms with Crippen LogP contribution in [0.4, 0.5) is 0 Å². The van der Waals surface area contributed by atoms with E-state index < -0.39 is 6.04 Å². The zero-order chi connectivity index (χ0) is 14.4. The minimum absolute atomic E-state index is 0.0582. The molecule has 0 saturated carbocycles. The van der Waals surface area contributed by atoms with E-state index in [2.05, 4.69) is 15.5 Å². The van der Waals surface area contributed by atoms with Crippen LogP contribution in [-0.4, -0.2) is 28.0 Å². The summed E-state index contributed by atoms with van der Waals surface area (Å²) in [6, 6.07) is 3.06. The average Bonchev–Trinajstić information content (AvgIpc) is 2.37. The van der Waals surface area contributed by atoms with Gasteiger partial charge in [-0.05, 0) is 23.6 Å². The molecule has 7 heteroatoms. The largest absolute Gasteiger partial charge is 0.409 e. The number of pyridine rings is 1. The summed E-state index contributed by atoms with van der Waals surface area (Å²) < 4.78 is 0. The van der Waals surface area contributed by atoms with Gasteiger partial charge in [0, 0.05) is 12.7 Å². The zero-order valence-electron chi connectivity index (χ0n) is 11.0. The molecule has 0 spiro atoms. The number of nitrogens with two attached hydrogens (primary N) is 2. The number of aromatic nitrogens is 1. The lowest BCUT2D eigenvalue weighted by Gasteiger charge is -2.19. The second-order valence-electron chi connectivity index (χ2n) is 4.54. The Hall–Kier alpha value is -2.15. The van der Waals surface area contributed by atoms with Crippen LogP contribution in [0.25, 0.3) is 0 Å². The van der Waals surface area contributed by atoms with Crippen LogP contribution in [0.5, 0.6) is 0 Å². The summed E-state index contributed by atoms with van der Waals surface area (Å²) in [6.45, 7) is 4.27. The van der Waals surface area contributed by atoms with Crippen LogP contribution in [0.3, 0.4) is 0 Å². The van der Waals surface area contributed by atoms with E-state index in [-0.39, 0.29) is 17.7 Å². The molecule has 1 heterocycles. The van der Waals surface area contributed by atoms with E-state index >= 15 is 0 Å². The first-order valence-electron chi connectivity index (χ1n) is 5.91. The summed E-state index contributed by atoms with van der Waals surface area (Å²) in [5.41, 5.74) is 12.0. The Morgan fingerprint density at radius 3 is 2.74 bits per heavy atom. The zero-order valence-corrected chi connectivity index (χ0v) is 11.0. The predicted molar refractivity (Wildman–Crippen MR) is 71.4 cm³/mol. The van der Waals surface area contributed by atoms with Crippen molar-refractivity contribution in [3.05, 3.63) is 29.6 Å². The topological polar surface area (TPSA) is 127 Å². The van der Waals surface area contributed by atoms with Gasteiger partial charge < -0.3 is 22.0 Å². The third-order valence-electron chi connectivity index (χ3n) is 2.69. The molecule has 1 rings (SSSR count). The molecule has 0 saturated heterocycles. The summed E-state index contributed by atoms with van der Waals surface area (Å²) >= 11 is 0. The highest BCUT2D eigenvalue weighted by Crippen LogP contribution is 2.05. The Balaban J connectivity index is 2.75. The number of carbonyl (C=O) groups is 1. The SMILES string of the molecule is CC(C)C(NCc1ccnc(/C(N)=N/O)c1)C(N)=O. The predicted octanol–water partition coefficient (Wildman–Crippen LogP) is -0.224. The third-order valence-corrected chi connectivity index (χ3v) is 2.69. The molecule has 1 unspecified atom stereocenters. The van der Waals surface area contributed by atoms with Crippen molar-refractivity contribution in [3.8, 4) is 0 Å². The molecule has 1 amide bonds. The number of amidine groups is 1. The van der Waals surface area contributed by atoms with Crippen molar-refractivity contribution in [2.75, 3.05) is 0 Å². The molecule has 0 radical (unpaired) electrons. The summed E-state index contributed by atoms with van der Waals surface area (Å²) in [5.74, 6) is -0.347. The van der Waals surface area contributed by atoms with Crippen molar-refractivity contribution in [3.63, 3.8) is 0 Å². The van der Waals surface area contributed by atoms with Gasteiger partial charge in [-0.2, -0.15) is 0 Å². The van der Waals surface area contributed by atoms with E-state index in [4.69, 9.17) is 16.7 Å². The molecular weight excluding hydrogens is 246 g/mol. The van der Waals surface area contributed by atoms with Gasteiger partial charge in [0.25, 0.3) is 0 Å². The Morgan fingerprint density at radius 1 is 1.53 bits per heavy atom. The Kier molecular flexibility index (Phi) is 5.25. The van der Waals surface area contributed by atoms with Crippen molar-refractivity contribution in [2.45, 2.75) is 26.4 Å². The van der Waals surface area contributed by atoms with Crippen LogP contribution in [0.15, 0.2) is 23.5 Å². The lowest BCUT2D eigenvalue weighted by atomic mass is 10.0. The van der Waals surface area contributed by atoms with Gasteiger partial charge in [0.05, 0.1) is 6.04 Å². The maximum Gasteiger partial charge on any atom is 0.234 e. The highest BCUT2D eigenvalue weighted by atomic mass is 16.4. The number of hydrogen-bond donors (Lipinski definition) is 4. The lowest BCUT2D eigenvalue weighted by Crippen LogP contribution is -2.44. The molecule has 19 heavy (non-hydrogen) atoms. The summed E-state index contributed by atoms with van der Waals surface area (Å²) in [7, 11) is 0. The number of nitrogens with one attached hydrogen (secondary N) is 1. The Bertz CT molecular complexity index is 473. The summed E-state index contributed by atoms with van der Waals surface area (Å²) in [4.78, 5) is 15.2. The van der Waals surface area contributed by atoms with Gasteiger partial charge in [-0.25, -0.2) is 0 Å². The smallest absolute Gasteiger partial charge is 0.234 e.